The molecule has 1 aliphatic heterocycles. The van der Waals surface area contributed by atoms with Crippen LogP contribution >= 0.6 is 11.3 Å². The first kappa shape index (κ1) is 17.5. The maximum absolute atomic E-state index is 12.3. The molecule has 0 unspecified atom stereocenters. The number of rotatable bonds is 6. The van der Waals surface area contributed by atoms with Gasteiger partial charge in [0.15, 0.2) is 5.78 Å². The Morgan fingerprint density at radius 2 is 2.17 bits per heavy atom. The van der Waals surface area contributed by atoms with Crippen LogP contribution in [0.1, 0.15) is 34.3 Å². The molecule has 1 aliphatic rings. The zero-order valence-corrected chi connectivity index (χ0v) is 13.6. The van der Waals surface area contributed by atoms with Gasteiger partial charge in [-0.05, 0) is 38.0 Å². The van der Waals surface area contributed by atoms with E-state index in [4.69, 9.17) is 5.11 Å². The first-order valence-electron chi connectivity index (χ1n) is 7.36. The Morgan fingerprint density at radius 3 is 2.83 bits per heavy atom. The van der Waals surface area contributed by atoms with Crippen molar-refractivity contribution in [3.05, 3.63) is 28.0 Å². The Kier molecular flexibility index (Phi) is 5.81. The van der Waals surface area contributed by atoms with E-state index in [1.807, 2.05) is 0 Å². The van der Waals surface area contributed by atoms with Gasteiger partial charge in [0.2, 0.25) is 0 Å². The first-order valence-corrected chi connectivity index (χ1v) is 8.18. The van der Waals surface area contributed by atoms with Crippen LogP contribution in [0.25, 0.3) is 6.08 Å². The summed E-state index contributed by atoms with van der Waals surface area (Å²) in [5, 5.41) is 18.0. The van der Waals surface area contributed by atoms with Gasteiger partial charge in [0, 0.05) is 11.4 Å². The number of aliphatic hydroxyl groups is 2. The topological polar surface area (TPSA) is 94.9 Å². The van der Waals surface area contributed by atoms with Gasteiger partial charge in [0.1, 0.15) is 0 Å². The smallest absolute Gasteiger partial charge is 0.296 e. The van der Waals surface area contributed by atoms with Crippen molar-refractivity contribution < 1.29 is 24.6 Å². The maximum Gasteiger partial charge on any atom is 0.296 e. The number of thiophene rings is 1. The maximum atomic E-state index is 12.3. The number of carbonyl (C=O) groups excluding carboxylic acids is 3. The molecule has 2 N–H and O–H groups in total. The summed E-state index contributed by atoms with van der Waals surface area (Å²) in [6.07, 6.45) is 3.36. The number of likely N-dealkylation sites (tertiary alicyclic amines) is 1. The molecule has 1 amide bonds. The Hall–Kier alpha value is -1.83. The molecule has 0 radical (unpaired) electrons. The van der Waals surface area contributed by atoms with Crippen LogP contribution in [-0.2, 0) is 9.59 Å². The number of aliphatic hydroxyl groups excluding tert-OH is 2. The summed E-state index contributed by atoms with van der Waals surface area (Å²) >= 11 is 1.13. The third-order valence-corrected chi connectivity index (χ3v) is 4.75. The number of Topliss-reactive ketones (excluding diaryl/α,β-unsaturated/α-hetero) is 2. The van der Waals surface area contributed by atoms with Gasteiger partial charge in [-0.3, -0.25) is 14.4 Å². The molecule has 23 heavy (non-hydrogen) atoms. The fourth-order valence-electron chi connectivity index (χ4n) is 2.50. The van der Waals surface area contributed by atoms with Crippen molar-refractivity contribution in [3.8, 4) is 0 Å². The van der Waals surface area contributed by atoms with Crippen molar-refractivity contribution in [2.75, 3.05) is 13.2 Å². The molecule has 0 aliphatic carbocycles. The number of hydrogen-bond acceptors (Lipinski definition) is 6. The van der Waals surface area contributed by atoms with Crippen molar-refractivity contribution in [2.45, 2.75) is 31.9 Å². The van der Waals surface area contributed by atoms with Crippen LogP contribution < -0.4 is 0 Å². The predicted molar refractivity (Wildman–Crippen MR) is 86.2 cm³/mol. The minimum absolute atomic E-state index is 0.101. The second kappa shape index (κ2) is 7.63. The van der Waals surface area contributed by atoms with Crippen molar-refractivity contribution >= 4 is 34.9 Å². The molecular formula is C16H19NO5S. The molecular weight excluding hydrogens is 318 g/mol. The molecule has 0 saturated carbocycles. The van der Waals surface area contributed by atoms with Gasteiger partial charge in [-0.2, -0.15) is 0 Å². The Balaban J connectivity index is 2.08. The monoisotopic (exact) mass is 337 g/mol. The summed E-state index contributed by atoms with van der Waals surface area (Å²) < 4.78 is 0. The highest BCUT2D eigenvalue weighted by Crippen LogP contribution is 2.23. The molecule has 0 spiro atoms. The summed E-state index contributed by atoms with van der Waals surface area (Å²) in [4.78, 5) is 38.5. The third kappa shape index (κ3) is 4.13. The predicted octanol–water partition coefficient (Wildman–Crippen LogP) is 0.877. The van der Waals surface area contributed by atoms with E-state index in [1.54, 1.807) is 18.2 Å². The highest BCUT2D eigenvalue weighted by atomic mass is 32.1. The van der Waals surface area contributed by atoms with Gasteiger partial charge in [-0.25, -0.2) is 0 Å². The van der Waals surface area contributed by atoms with Crippen LogP contribution in [0.2, 0.25) is 0 Å². The van der Waals surface area contributed by atoms with Gasteiger partial charge >= 0.3 is 0 Å². The molecule has 2 atom stereocenters. The Bertz CT molecular complexity index is 636. The van der Waals surface area contributed by atoms with Gasteiger partial charge in [-0.15, -0.1) is 11.3 Å². The molecule has 6 nitrogen and oxygen atoms in total. The van der Waals surface area contributed by atoms with E-state index in [-0.39, 0.29) is 12.4 Å². The van der Waals surface area contributed by atoms with Crippen LogP contribution in [0.15, 0.2) is 18.2 Å². The molecule has 2 heterocycles. The van der Waals surface area contributed by atoms with Gasteiger partial charge in [0.05, 0.1) is 23.6 Å². The fraction of sp³-hybridized carbons (Fsp3) is 0.438. The lowest BCUT2D eigenvalue weighted by molar-refractivity contribution is -0.133. The number of ketones is 2. The second-order valence-electron chi connectivity index (χ2n) is 5.41. The normalized spacial score (nSPS) is 19.3. The highest BCUT2D eigenvalue weighted by molar-refractivity contribution is 7.15. The van der Waals surface area contributed by atoms with Crippen molar-refractivity contribution in [1.29, 1.82) is 0 Å². The fourth-order valence-corrected chi connectivity index (χ4v) is 3.35. The first-order chi connectivity index (χ1) is 10.9. The van der Waals surface area contributed by atoms with Crippen molar-refractivity contribution in [3.63, 3.8) is 0 Å². The zero-order valence-electron chi connectivity index (χ0n) is 12.8. The van der Waals surface area contributed by atoms with Gasteiger partial charge < -0.3 is 15.1 Å². The van der Waals surface area contributed by atoms with Crippen LogP contribution in [0.3, 0.4) is 0 Å². The quantitative estimate of drug-likeness (QED) is 0.593. The highest BCUT2D eigenvalue weighted by Gasteiger charge is 2.35. The molecule has 124 valence electrons. The molecule has 1 aromatic rings. The number of nitrogens with zero attached hydrogens (tertiary/aromatic N) is 1. The second-order valence-corrected chi connectivity index (χ2v) is 6.52. The van der Waals surface area contributed by atoms with E-state index < -0.39 is 23.8 Å². The average molecular weight is 337 g/mol. The van der Waals surface area contributed by atoms with Crippen LogP contribution in [-0.4, -0.2) is 57.9 Å². The van der Waals surface area contributed by atoms with Gasteiger partial charge in [-0.1, -0.05) is 6.08 Å². The molecule has 1 aromatic heterocycles. The van der Waals surface area contributed by atoms with Gasteiger partial charge in [0.25, 0.3) is 11.7 Å². The zero-order chi connectivity index (χ0) is 17.0. The number of hydrogen-bond donors (Lipinski definition) is 2. The van der Waals surface area contributed by atoms with E-state index in [9.17, 15) is 19.5 Å². The van der Waals surface area contributed by atoms with E-state index in [2.05, 4.69) is 0 Å². The Morgan fingerprint density at radius 1 is 1.43 bits per heavy atom. The largest absolute Gasteiger partial charge is 0.393 e. The molecule has 0 aromatic carbocycles. The lowest BCUT2D eigenvalue weighted by Crippen LogP contribution is -2.43. The average Bonchev–Trinajstić information content (AvgIpc) is 3.19. The van der Waals surface area contributed by atoms with Crippen LogP contribution in [0, 0.1) is 0 Å². The summed E-state index contributed by atoms with van der Waals surface area (Å²) in [6, 6.07) is 2.72. The third-order valence-electron chi connectivity index (χ3n) is 3.70. The summed E-state index contributed by atoms with van der Waals surface area (Å²) in [7, 11) is 0. The summed E-state index contributed by atoms with van der Waals surface area (Å²) in [5.41, 5.74) is 0. The molecule has 2 rings (SSSR count). The lowest BCUT2D eigenvalue weighted by atomic mass is 10.1. The standard InChI is InChI=1S/C16H19NO5S/c1-10(19)13-3-2-8-17(13)16(22)15(21)14-7-6-12(23-14)5-4-11(20)9-18/h4-7,11,13,18,20H,2-3,8-9H2,1H3/b5-4+/t11-,13+/m1/s1. The summed E-state index contributed by atoms with van der Waals surface area (Å²) in [6.45, 7) is 1.48. The van der Waals surface area contributed by atoms with E-state index >= 15 is 0 Å². The van der Waals surface area contributed by atoms with E-state index in [0.717, 1.165) is 17.8 Å². The van der Waals surface area contributed by atoms with Crippen molar-refractivity contribution in [1.82, 2.24) is 4.90 Å². The lowest BCUT2D eigenvalue weighted by Gasteiger charge is -2.21. The van der Waals surface area contributed by atoms with E-state index in [1.165, 1.54) is 17.9 Å². The number of carbonyl (C=O) groups is 3. The van der Waals surface area contributed by atoms with Crippen molar-refractivity contribution in [2.24, 2.45) is 0 Å². The molecule has 7 heteroatoms. The van der Waals surface area contributed by atoms with Crippen LogP contribution in [0.5, 0.6) is 0 Å². The summed E-state index contributed by atoms with van der Waals surface area (Å²) in [5.74, 6) is -1.36. The van der Waals surface area contributed by atoms with E-state index in [0.29, 0.717) is 22.7 Å². The minimum atomic E-state index is -0.959. The minimum Gasteiger partial charge on any atom is -0.393 e. The molecule has 1 fully saturated rings. The van der Waals surface area contributed by atoms with Crippen LogP contribution in [0.4, 0.5) is 0 Å². The number of amides is 1. The SMILES string of the molecule is CC(=O)[C@@H]1CCCN1C(=O)C(=O)c1ccc(/C=C/[C@@H](O)CO)s1. The molecule has 0 bridgehead atoms. The Labute approximate surface area is 138 Å². The molecule has 1 saturated heterocycles.